The fraction of sp³-hybridized carbons (Fsp3) is 0.450. The van der Waals surface area contributed by atoms with Crippen LogP contribution in [-0.4, -0.2) is 5.97 Å². The normalized spacial score (nSPS) is 10.8. The predicted molar refractivity (Wildman–Crippen MR) is 92.3 cm³/mol. The number of aryl methyl sites for hydroxylation is 1. The lowest BCUT2D eigenvalue weighted by Crippen LogP contribution is -2.00. The molecule has 2 aromatic carbocycles. The first-order chi connectivity index (χ1) is 10.7. The Morgan fingerprint density at radius 2 is 1.59 bits per heavy atom. The molecule has 0 radical (unpaired) electrons. The van der Waals surface area contributed by atoms with Crippen molar-refractivity contribution in [1.82, 2.24) is 0 Å². The molecule has 0 aromatic heterocycles. The maximum Gasteiger partial charge on any atom is 0.308 e. The molecule has 0 heterocycles. The number of unbranched alkanes of at least 4 members (excludes halogenated alkanes) is 5. The van der Waals surface area contributed by atoms with Crippen LogP contribution in [0.3, 0.4) is 0 Å². The van der Waals surface area contributed by atoms with Gasteiger partial charge in [0, 0.05) is 6.92 Å². The summed E-state index contributed by atoms with van der Waals surface area (Å²) >= 11 is 0. The Morgan fingerprint density at radius 3 is 2.36 bits per heavy atom. The van der Waals surface area contributed by atoms with E-state index in [9.17, 15) is 4.79 Å². The van der Waals surface area contributed by atoms with Gasteiger partial charge in [0.1, 0.15) is 5.75 Å². The van der Waals surface area contributed by atoms with Crippen molar-refractivity contribution < 1.29 is 9.53 Å². The summed E-state index contributed by atoms with van der Waals surface area (Å²) in [5, 5.41) is 2.32. The van der Waals surface area contributed by atoms with Crippen LogP contribution in [0.25, 0.3) is 10.8 Å². The number of esters is 1. The van der Waals surface area contributed by atoms with E-state index in [1.807, 2.05) is 18.2 Å². The van der Waals surface area contributed by atoms with E-state index in [1.165, 1.54) is 56.4 Å². The summed E-state index contributed by atoms with van der Waals surface area (Å²) in [6.07, 6.45) is 9.12. The van der Waals surface area contributed by atoms with Gasteiger partial charge >= 0.3 is 5.97 Å². The maximum absolute atomic E-state index is 11.0. The SMILES string of the molecule is CCCCCCCCc1ccc2cc(OC(C)=O)ccc2c1. The number of carbonyl (C=O) groups is 1. The molecule has 22 heavy (non-hydrogen) atoms. The van der Waals surface area contributed by atoms with Gasteiger partial charge in [0.25, 0.3) is 0 Å². The Balaban J connectivity index is 1.91. The second kappa shape index (κ2) is 8.57. The Morgan fingerprint density at radius 1 is 0.909 bits per heavy atom. The molecule has 0 bridgehead atoms. The third kappa shape index (κ3) is 5.18. The van der Waals surface area contributed by atoms with Crippen LogP contribution < -0.4 is 4.74 Å². The van der Waals surface area contributed by atoms with Gasteiger partial charge in [-0.05, 0) is 41.3 Å². The van der Waals surface area contributed by atoms with Crippen molar-refractivity contribution >= 4 is 16.7 Å². The van der Waals surface area contributed by atoms with E-state index < -0.39 is 0 Å². The van der Waals surface area contributed by atoms with Crippen LogP contribution >= 0.6 is 0 Å². The number of fused-ring (bicyclic) bond motifs is 1. The van der Waals surface area contributed by atoms with Crippen LogP contribution in [0.4, 0.5) is 0 Å². The predicted octanol–water partition coefficient (Wildman–Crippen LogP) is 5.67. The zero-order valence-electron chi connectivity index (χ0n) is 13.7. The molecule has 2 heteroatoms. The van der Waals surface area contributed by atoms with Crippen molar-refractivity contribution in [1.29, 1.82) is 0 Å². The molecular weight excluding hydrogens is 272 g/mol. The molecule has 0 saturated heterocycles. The summed E-state index contributed by atoms with van der Waals surface area (Å²) in [4.78, 5) is 11.0. The summed E-state index contributed by atoms with van der Waals surface area (Å²) in [6, 6.07) is 12.4. The highest BCUT2D eigenvalue weighted by Crippen LogP contribution is 2.23. The van der Waals surface area contributed by atoms with Crippen LogP contribution in [0, 0.1) is 0 Å². The monoisotopic (exact) mass is 298 g/mol. The van der Waals surface area contributed by atoms with Crippen molar-refractivity contribution in [3.63, 3.8) is 0 Å². The highest BCUT2D eigenvalue weighted by molar-refractivity contribution is 5.85. The van der Waals surface area contributed by atoms with Crippen LogP contribution in [0.5, 0.6) is 5.75 Å². The van der Waals surface area contributed by atoms with Crippen LogP contribution in [0.2, 0.25) is 0 Å². The van der Waals surface area contributed by atoms with Gasteiger partial charge in [-0.15, -0.1) is 0 Å². The van der Waals surface area contributed by atoms with E-state index in [-0.39, 0.29) is 5.97 Å². The Bertz CT molecular complexity index is 616. The standard InChI is InChI=1S/C20H26O2/c1-3-4-5-6-7-8-9-17-10-11-19-15-20(22-16(2)21)13-12-18(19)14-17/h10-15H,3-9H2,1-2H3. The molecule has 0 spiro atoms. The van der Waals surface area contributed by atoms with Crippen molar-refractivity contribution in [2.45, 2.75) is 58.8 Å². The quantitative estimate of drug-likeness (QED) is 0.356. The first-order valence-corrected chi connectivity index (χ1v) is 8.40. The minimum atomic E-state index is -0.279. The zero-order valence-corrected chi connectivity index (χ0v) is 13.7. The molecule has 0 saturated carbocycles. The molecule has 0 aliphatic heterocycles. The van der Waals surface area contributed by atoms with Gasteiger partial charge in [-0.25, -0.2) is 0 Å². The second-order valence-corrected chi connectivity index (χ2v) is 5.95. The molecule has 0 aliphatic rings. The van der Waals surface area contributed by atoms with Gasteiger partial charge in [-0.3, -0.25) is 4.79 Å². The summed E-state index contributed by atoms with van der Waals surface area (Å²) in [6.45, 7) is 3.68. The smallest absolute Gasteiger partial charge is 0.308 e. The summed E-state index contributed by atoms with van der Waals surface area (Å²) in [7, 11) is 0. The molecule has 0 atom stereocenters. The van der Waals surface area contributed by atoms with Gasteiger partial charge in [0.15, 0.2) is 0 Å². The van der Waals surface area contributed by atoms with Crippen molar-refractivity contribution in [3.05, 3.63) is 42.0 Å². The van der Waals surface area contributed by atoms with E-state index in [4.69, 9.17) is 4.74 Å². The molecule has 2 aromatic rings. The number of rotatable bonds is 8. The summed E-state index contributed by atoms with van der Waals surface area (Å²) in [5.74, 6) is 0.336. The number of carbonyl (C=O) groups excluding carboxylic acids is 1. The van der Waals surface area contributed by atoms with Crippen molar-refractivity contribution in [2.24, 2.45) is 0 Å². The molecule has 2 nitrogen and oxygen atoms in total. The van der Waals surface area contributed by atoms with Gasteiger partial charge in [0.2, 0.25) is 0 Å². The molecule has 0 aliphatic carbocycles. The van der Waals surface area contributed by atoms with E-state index >= 15 is 0 Å². The number of hydrogen-bond donors (Lipinski definition) is 0. The third-order valence-corrected chi connectivity index (χ3v) is 3.96. The highest BCUT2D eigenvalue weighted by Gasteiger charge is 2.02. The minimum Gasteiger partial charge on any atom is -0.427 e. The second-order valence-electron chi connectivity index (χ2n) is 5.95. The Labute approximate surface area is 133 Å². The molecule has 0 amide bonds. The fourth-order valence-electron chi connectivity index (χ4n) is 2.77. The van der Waals surface area contributed by atoms with E-state index in [0.717, 1.165) is 11.8 Å². The van der Waals surface area contributed by atoms with Gasteiger partial charge in [0.05, 0.1) is 0 Å². The number of benzene rings is 2. The molecular formula is C20H26O2. The van der Waals surface area contributed by atoms with E-state index in [0.29, 0.717) is 5.75 Å². The lowest BCUT2D eigenvalue weighted by atomic mass is 10.0. The molecule has 0 unspecified atom stereocenters. The van der Waals surface area contributed by atoms with Crippen LogP contribution in [0.1, 0.15) is 57.9 Å². The van der Waals surface area contributed by atoms with E-state index in [1.54, 1.807) is 0 Å². The number of hydrogen-bond acceptors (Lipinski definition) is 2. The van der Waals surface area contributed by atoms with Crippen molar-refractivity contribution in [3.8, 4) is 5.75 Å². The average Bonchev–Trinajstić information content (AvgIpc) is 2.50. The lowest BCUT2D eigenvalue weighted by molar-refractivity contribution is -0.131. The Kier molecular flexibility index (Phi) is 6.45. The van der Waals surface area contributed by atoms with Crippen molar-refractivity contribution in [2.75, 3.05) is 0 Å². The highest BCUT2D eigenvalue weighted by atomic mass is 16.5. The molecule has 2 rings (SSSR count). The Hall–Kier alpha value is -1.83. The first-order valence-electron chi connectivity index (χ1n) is 8.40. The van der Waals surface area contributed by atoms with Crippen LogP contribution in [0.15, 0.2) is 36.4 Å². The molecule has 118 valence electrons. The maximum atomic E-state index is 11.0. The third-order valence-electron chi connectivity index (χ3n) is 3.96. The minimum absolute atomic E-state index is 0.279. The fourth-order valence-corrected chi connectivity index (χ4v) is 2.77. The average molecular weight is 298 g/mol. The first kappa shape index (κ1) is 16.5. The largest absolute Gasteiger partial charge is 0.427 e. The van der Waals surface area contributed by atoms with Crippen LogP contribution in [-0.2, 0) is 11.2 Å². The lowest BCUT2D eigenvalue weighted by Gasteiger charge is -2.06. The summed E-state index contributed by atoms with van der Waals surface area (Å²) in [5.41, 5.74) is 1.39. The molecule has 0 N–H and O–H groups in total. The van der Waals surface area contributed by atoms with Gasteiger partial charge in [-0.1, -0.05) is 63.3 Å². The summed E-state index contributed by atoms with van der Waals surface area (Å²) < 4.78 is 5.13. The topological polar surface area (TPSA) is 26.3 Å². The molecule has 0 fully saturated rings. The van der Waals surface area contributed by atoms with Gasteiger partial charge in [-0.2, -0.15) is 0 Å². The van der Waals surface area contributed by atoms with E-state index in [2.05, 4.69) is 25.1 Å². The zero-order chi connectivity index (χ0) is 15.8. The number of ether oxygens (including phenoxy) is 1. The van der Waals surface area contributed by atoms with Gasteiger partial charge < -0.3 is 4.74 Å².